The van der Waals surface area contributed by atoms with Crippen LogP contribution in [0.4, 0.5) is 0 Å². The van der Waals surface area contributed by atoms with Gasteiger partial charge < -0.3 is 0 Å². The Kier molecular flexibility index (Phi) is 3.47. The molecule has 1 aliphatic carbocycles. The van der Waals surface area contributed by atoms with Crippen LogP contribution in [0.5, 0.6) is 0 Å². The van der Waals surface area contributed by atoms with Gasteiger partial charge in [0, 0.05) is 16.7 Å². The molecule has 3 heteroatoms. The number of allylic oxidation sites excluding steroid dienone is 4. The maximum Gasteiger partial charge on any atom is 0.226 e. The Morgan fingerprint density at radius 1 is 1.29 bits per heavy atom. The largest absolute Gasteiger partial charge is 0.299 e. The first-order chi connectivity index (χ1) is 7.82. The van der Waals surface area contributed by atoms with E-state index in [1.54, 1.807) is 27.7 Å². The summed E-state index contributed by atoms with van der Waals surface area (Å²) in [7, 11) is 0. The molecule has 0 amide bonds. The molecule has 0 unspecified atom stereocenters. The number of rotatable bonds is 1. The summed E-state index contributed by atoms with van der Waals surface area (Å²) in [4.78, 5) is 33.5. The predicted octanol–water partition coefficient (Wildman–Crippen LogP) is 1.63. The second-order valence-electron chi connectivity index (χ2n) is 4.52. The maximum atomic E-state index is 11.7. The van der Waals surface area contributed by atoms with Crippen molar-refractivity contribution < 1.29 is 14.4 Å². The highest BCUT2D eigenvalue weighted by Gasteiger charge is 2.44. The standard InChI is InChI=1S/C14H14O3/c1-9(7-8-15)5-6-11-10(2)12(16)13(17)14(11,3)4/h7-8H,1-4H3. The number of Topliss-reactive ketones (excluding diaryl/α,β-unsaturated/α-hetero) is 2. The fourth-order valence-corrected chi connectivity index (χ4v) is 1.70. The Hall–Kier alpha value is -1.95. The lowest BCUT2D eigenvalue weighted by atomic mass is 9.84. The van der Waals surface area contributed by atoms with Gasteiger partial charge in [-0.1, -0.05) is 11.8 Å². The molecule has 0 aromatic carbocycles. The van der Waals surface area contributed by atoms with Crippen molar-refractivity contribution in [3.8, 4) is 11.8 Å². The lowest BCUT2D eigenvalue weighted by Gasteiger charge is -2.15. The van der Waals surface area contributed by atoms with Gasteiger partial charge in [-0.2, -0.15) is 0 Å². The van der Waals surface area contributed by atoms with Gasteiger partial charge in [0.2, 0.25) is 11.6 Å². The first kappa shape index (κ1) is 13.1. The molecule has 0 radical (unpaired) electrons. The highest BCUT2D eigenvalue weighted by molar-refractivity contribution is 6.48. The van der Waals surface area contributed by atoms with E-state index >= 15 is 0 Å². The zero-order chi connectivity index (χ0) is 13.2. The van der Waals surface area contributed by atoms with Crippen LogP contribution < -0.4 is 0 Å². The van der Waals surface area contributed by atoms with E-state index in [9.17, 15) is 14.4 Å². The number of carbonyl (C=O) groups excluding carboxylic acids is 3. The molecule has 0 bridgehead atoms. The second-order valence-corrected chi connectivity index (χ2v) is 4.52. The van der Waals surface area contributed by atoms with E-state index in [-0.39, 0.29) is 0 Å². The Labute approximate surface area is 101 Å². The smallest absolute Gasteiger partial charge is 0.226 e. The molecule has 0 aliphatic heterocycles. The minimum absolute atomic E-state index is 0.409. The average Bonchev–Trinajstić information content (AvgIpc) is 2.39. The molecule has 0 heterocycles. The first-order valence-corrected chi connectivity index (χ1v) is 5.27. The van der Waals surface area contributed by atoms with Crippen molar-refractivity contribution in [3.63, 3.8) is 0 Å². The van der Waals surface area contributed by atoms with Gasteiger partial charge in [-0.15, -0.1) is 0 Å². The van der Waals surface area contributed by atoms with Crippen LogP contribution in [-0.2, 0) is 14.4 Å². The molecule has 88 valence electrons. The van der Waals surface area contributed by atoms with E-state index in [4.69, 9.17) is 0 Å². The lowest BCUT2D eigenvalue weighted by Crippen LogP contribution is -2.25. The van der Waals surface area contributed by atoms with Crippen molar-refractivity contribution in [2.24, 2.45) is 5.41 Å². The van der Waals surface area contributed by atoms with Crippen LogP contribution in [0.2, 0.25) is 0 Å². The van der Waals surface area contributed by atoms with E-state index in [0.717, 1.165) is 0 Å². The van der Waals surface area contributed by atoms with Gasteiger partial charge in [0.15, 0.2) is 0 Å². The molecule has 1 rings (SSSR count). The fourth-order valence-electron chi connectivity index (χ4n) is 1.70. The van der Waals surface area contributed by atoms with Crippen LogP contribution in [0, 0.1) is 17.3 Å². The number of hydrogen-bond donors (Lipinski definition) is 0. The van der Waals surface area contributed by atoms with Crippen LogP contribution in [0.15, 0.2) is 22.8 Å². The molecule has 3 nitrogen and oxygen atoms in total. The lowest BCUT2D eigenvalue weighted by molar-refractivity contribution is -0.136. The molecule has 0 saturated heterocycles. The maximum absolute atomic E-state index is 11.7. The first-order valence-electron chi connectivity index (χ1n) is 5.27. The van der Waals surface area contributed by atoms with Crippen molar-refractivity contribution in [1.82, 2.24) is 0 Å². The summed E-state index contributed by atoms with van der Waals surface area (Å²) in [5, 5.41) is 0. The summed E-state index contributed by atoms with van der Waals surface area (Å²) in [5.74, 6) is 4.72. The van der Waals surface area contributed by atoms with Gasteiger partial charge in [-0.05, 0) is 33.8 Å². The third kappa shape index (κ3) is 2.26. The van der Waals surface area contributed by atoms with E-state index in [1.807, 2.05) is 0 Å². The topological polar surface area (TPSA) is 51.2 Å². The minimum Gasteiger partial charge on any atom is -0.299 e. The van der Waals surface area contributed by atoms with Crippen molar-refractivity contribution in [2.45, 2.75) is 27.7 Å². The molecule has 0 fully saturated rings. The molecular formula is C14H14O3. The van der Waals surface area contributed by atoms with E-state index in [2.05, 4.69) is 11.8 Å². The molecular weight excluding hydrogens is 216 g/mol. The van der Waals surface area contributed by atoms with Crippen molar-refractivity contribution >= 4 is 17.9 Å². The highest BCUT2D eigenvalue weighted by Crippen LogP contribution is 2.36. The average molecular weight is 230 g/mol. The van der Waals surface area contributed by atoms with Crippen LogP contribution >= 0.6 is 0 Å². The Morgan fingerprint density at radius 2 is 1.88 bits per heavy atom. The zero-order valence-corrected chi connectivity index (χ0v) is 10.4. The zero-order valence-electron chi connectivity index (χ0n) is 10.4. The molecule has 17 heavy (non-hydrogen) atoms. The molecule has 0 saturated carbocycles. The van der Waals surface area contributed by atoms with Crippen molar-refractivity contribution in [1.29, 1.82) is 0 Å². The number of carbonyl (C=O) groups is 3. The fraction of sp³-hybridized carbons (Fsp3) is 0.357. The van der Waals surface area contributed by atoms with Gasteiger partial charge in [-0.25, -0.2) is 0 Å². The molecule has 0 N–H and O–H groups in total. The monoisotopic (exact) mass is 230 g/mol. The predicted molar refractivity (Wildman–Crippen MR) is 64.1 cm³/mol. The second kappa shape index (κ2) is 4.50. The van der Waals surface area contributed by atoms with Crippen LogP contribution in [0.1, 0.15) is 27.7 Å². The van der Waals surface area contributed by atoms with Crippen LogP contribution in [0.3, 0.4) is 0 Å². The Bertz CT molecular complexity index is 519. The summed E-state index contributed by atoms with van der Waals surface area (Å²) >= 11 is 0. The third-order valence-electron chi connectivity index (χ3n) is 2.82. The number of hydrogen-bond acceptors (Lipinski definition) is 3. The van der Waals surface area contributed by atoms with Gasteiger partial charge in [0.25, 0.3) is 0 Å². The normalized spacial score (nSPS) is 19.2. The van der Waals surface area contributed by atoms with Gasteiger partial charge in [-0.3, -0.25) is 14.4 Å². The van der Waals surface area contributed by atoms with Crippen molar-refractivity contribution in [3.05, 3.63) is 22.8 Å². The molecule has 0 aromatic rings. The Morgan fingerprint density at radius 3 is 2.29 bits per heavy atom. The van der Waals surface area contributed by atoms with Crippen molar-refractivity contribution in [2.75, 3.05) is 0 Å². The molecule has 0 spiro atoms. The highest BCUT2D eigenvalue weighted by atomic mass is 16.2. The van der Waals surface area contributed by atoms with E-state index in [1.165, 1.54) is 6.08 Å². The number of aldehydes is 1. The van der Waals surface area contributed by atoms with Crippen LogP contribution in [-0.4, -0.2) is 17.9 Å². The summed E-state index contributed by atoms with van der Waals surface area (Å²) in [6, 6.07) is 0. The number of ketones is 2. The van der Waals surface area contributed by atoms with Gasteiger partial charge in [0.05, 0.1) is 5.41 Å². The Balaban J connectivity index is 3.22. The van der Waals surface area contributed by atoms with Crippen LogP contribution in [0.25, 0.3) is 0 Å². The molecule has 0 atom stereocenters. The van der Waals surface area contributed by atoms with E-state index in [0.29, 0.717) is 23.0 Å². The quantitative estimate of drug-likeness (QED) is 0.298. The summed E-state index contributed by atoms with van der Waals surface area (Å²) in [6.07, 6.45) is 2.00. The van der Waals surface area contributed by atoms with Gasteiger partial charge >= 0.3 is 0 Å². The SMILES string of the molecule is CC(C#CC1=C(C)C(=O)C(=O)C1(C)C)=CC=O. The molecule has 0 aromatic heterocycles. The third-order valence-corrected chi connectivity index (χ3v) is 2.82. The summed E-state index contributed by atoms with van der Waals surface area (Å²) in [6.45, 7) is 6.68. The summed E-state index contributed by atoms with van der Waals surface area (Å²) < 4.78 is 0. The summed E-state index contributed by atoms with van der Waals surface area (Å²) in [5.41, 5.74) is 0.704. The molecule has 1 aliphatic rings. The minimum atomic E-state index is -0.852. The van der Waals surface area contributed by atoms with E-state index < -0.39 is 17.0 Å². The van der Waals surface area contributed by atoms with Gasteiger partial charge in [0.1, 0.15) is 6.29 Å².